The highest BCUT2D eigenvalue weighted by Gasteiger charge is 2.13. The third kappa shape index (κ3) is 1.13. The molecule has 1 aromatic carbocycles. The molecule has 0 spiro atoms. The highest BCUT2D eigenvalue weighted by atomic mass is 35.5. The first-order chi connectivity index (χ1) is 6.65. The van der Waals surface area contributed by atoms with Crippen molar-refractivity contribution in [3.05, 3.63) is 34.2 Å². The molecule has 0 saturated heterocycles. The fourth-order valence-corrected chi connectivity index (χ4v) is 1.68. The average Bonchev–Trinajstić information content (AvgIpc) is 2.48. The number of hydrogen-bond donors (Lipinski definition) is 1. The van der Waals surface area contributed by atoms with E-state index in [1.165, 1.54) is 6.07 Å². The molecule has 0 aliphatic rings. The number of hydrogen-bond acceptors (Lipinski definition) is 1. The minimum atomic E-state index is -0.546. The lowest BCUT2D eigenvalue weighted by atomic mass is 10.1. The second kappa shape index (κ2) is 3.10. The fourth-order valence-electron chi connectivity index (χ4n) is 1.52. The van der Waals surface area contributed by atoms with Crippen molar-refractivity contribution in [1.29, 1.82) is 0 Å². The number of rotatable bonds is 1. The Morgan fingerprint density at radius 2 is 2.21 bits per heavy atom. The third-order valence-corrected chi connectivity index (χ3v) is 2.50. The predicted octanol–water partition coefficient (Wildman–Crippen LogP) is 3.08. The van der Waals surface area contributed by atoms with Crippen LogP contribution in [0.4, 0.5) is 4.39 Å². The average molecular weight is 212 g/mol. The second-order valence-corrected chi connectivity index (χ2v) is 3.47. The number of fused-ring (bicyclic) bond motifs is 1. The predicted molar refractivity (Wildman–Crippen MR) is 53.4 cm³/mol. The van der Waals surface area contributed by atoms with Gasteiger partial charge in [-0.1, -0.05) is 11.6 Å². The molecule has 1 heterocycles. The molecule has 0 aliphatic heterocycles. The summed E-state index contributed by atoms with van der Waals surface area (Å²) >= 11 is 5.62. The van der Waals surface area contributed by atoms with Crippen molar-refractivity contribution in [3.8, 4) is 0 Å². The summed E-state index contributed by atoms with van der Waals surface area (Å²) in [5, 5.41) is 0.296. The van der Waals surface area contributed by atoms with Crippen LogP contribution in [-0.4, -0.2) is 11.3 Å². The van der Waals surface area contributed by atoms with Crippen molar-refractivity contribution >= 4 is 28.8 Å². The van der Waals surface area contributed by atoms with Gasteiger partial charge in [-0.25, -0.2) is 4.39 Å². The monoisotopic (exact) mass is 211 g/mol. The molecular formula is C10H7ClFNO. The molecule has 0 bridgehead atoms. The summed E-state index contributed by atoms with van der Waals surface area (Å²) in [7, 11) is 0. The van der Waals surface area contributed by atoms with Gasteiger partial charge in [0.2, 0.25) is 0 Å². The molecule has 0 unspecified atom stereocenters. The van der Waals surface area contributed by atoms with E-state index < -0.39 is 5.82 Å². The molecule has 14 heavy (non-hydrogen) atoms. The summed E-state index contributed by atoms with van der Waals surface area (Å²) in [5.74, 6) is -0.546. The zero-order valence-corrected chi connectivity index (χ0v) is 8.15. The van der Waals surface area contributed by atoms with E-state index in [0.29, 0.717) is 23.1 Å². The highest BCUT2D eigenvalue weighted by Crippen LogP contribution is 2.28. The van der Waals surface area contributed by atoms with Gasteiger partial charge in [0.15, 0.2) is 12.1 Å². The van der Waals surface area contributed by atoms with E-state index >= 15 is 0 Å². The molecule has 0 fully saturated rings. The Kier molecular flexibility index (Phi) is 2.04. The molecular weight excluding hydrogens is 205 g/mol. The van der Waals surface area contributed by atoms with Crippen molar-refractivity contribution in [2.45, 2.75) is 6.92 Å². The first-order valence-electron chi connectivity index (χ1n) is 4.06. The largest absolute Gasteiger partial charge is 0.358 e. The molecule has 1 aromatic heterocycles. The Morgan fingerprint density at radius 3 is 2.86 bits per heavy atom. The topological polar surface area (TPSA) is 32.9 Å². The van der Waals surface area contributed by atoms with E-state index in [0.717, 1.165) is 0 Å². The third-order valence-electron chi connectivity index (χ3n) is 2.21. The lowest BCUT2D eigenvalue weighted by Gasteiger charge is -1.96. The first kappa shape index (κ1) is 9.21. The van der Waals surface area contributed by atoms with Gasteiger partial charge in [-0.05, 0) is 19.1 Å². The first-order valence-corrected chi connectivity index (χ1v) is 4.44. The van der Waals surface area contributed by atoms with E-state index in [4.69, 9.17) is 11.6 Å². The van der Waals surface area contributed by atoms with E-state index in [1.54, 1.807) is 13.0 Å². The molecule has 4 heteroatoms. The maximum absolute atomic E-state index is 13.5. The molecule has 0 amide bonds. The van der Waals surface area contributed by atoms with Crippen molar-refractivity contribution in [1.82, 2.24) is 4.98 Å². The quantitative estimate of drug-likeness (QED) is 0.723. The van der Waals surface area contributed by atoms with Gasteiger partial charge in [-0.3, -0.25) is 4.79 Å². The number of aldehydes is 1. The van der Waals surface area contributed by atoms with Crippen molar-refractivity contribution in [2.75, 3.05) is 0 Å². The maximum Gasteiger partial charge on any atom is 0.152 e. The van der Waals surface area contributed by atoms with Gasteiger partial charge in [0.05, 0.1) is 5.02 Å². The van der Waals surface area contributed by atoms with Gasteiger partial charge in [-0.15, -0.1) is 0 Å². The molecule has 72 valence electrons. The van der Waals surface area contributed by atoms with E-state index in [2.05, 4.69) is 4.98 Å². The number of carbonyl (C=O) groups excluding carboxylic acids is 1. The number of carbonyl (C=O) groups is 1. The van der Waals surface area contributed by atoms with Gasteiger partial charge >= 0.3 is 0 Å². The van der Waals surface area contributed by atoms with E-state index in [9.17, 15) is 9.18 Å². The molecule has 2 rings (SSSR count). The number of aryl methyl sites for hydroxylation is 1. The Labute approximate surface area is 84.7 Å². The number of nitrogens with one attached hydrogen (secondary N) is 1. The van der Waals surface area contributed by atoms with Crippen LogP contribution in [0.3, 0.4) is 0 Å². The van der Waals surface area contributed by atoms with Crippen molar-refractivity contribution < 1.29 is 9.18 Å². The van der Waals surface area contributed by atoms with Gasteiger partial charge < -0.3 is 4.98 Å². The molecule has 2 aromatic rings. The Bertz CT molecular complexity index is 518. The fraction of sp³-hybridized carbons (Fsp3) is 0.100. The number of halogens is 2. The van der Waals surface area contributed by atoms with Crippen LogP contribution in [0.2, 0.25) is 5.02 Å². The van der Waals surface area contributed by atoms with Crippen LogP contribution >= 0.6 is 11.6 Å². The number of aromatic amines is 1. The summed E-state index contributed by atoms with van der Waals surface area (Å²) in [6, 6.07) is 3.12. The Hall–Kier alpha value is -1.35. The number of H-pyrrole nitrogens is 1. The maximum atomic E-state index is 13.5. The van der Waals surface area contributed by atoms with E-state index in [-0.39, 0.29) is 10.4 Å². The second-order valence-electron chi connectivity index (χ2n) is 3.07. The summed E-state index contributed by atoms with van der Waals surface area (Å²) < 4.78 is 13.5. The number of aromatic nitrogens is 1. The zero-order valence-electron chi connectivity index (χ0n) is 7.40. The van der Waals surface area contributed by atoms with Crippen LogP contribution in [0.5, 0.6) is 0 Å². The summed E-state index contributed by atoms with van der Waals surface area (Å²) in [6.45, 7) is 1.72. The number of benzene rings is 1. The van der Waals surface area contributed by atoms with Crippen LogP contribution < -0.4 is 0 Å². The van der Waals surface area contributed by atoms with Crippen LogP contribution in [0, 0.1) is 12.7 Å². The van der Waals surface area contributed by atoms with Gasteiger partial charge in [-0.2, -0.15) is 0 Å². The summed E-state index contributed by atoms with van der Waals surface area (Å²) in [4.78, 5) is 13.7. The minimum Gasteiger partial charge on any atom is -0.358 e. The molecule has 2 nitrogen and oxygen atoms in total. The van der Waals surface area contributed by atoms with Crippen molar-refractivity contribution in [2.24, 2.45) is 0 Å². The Morgan fingerprint density at radius 1 is 1.50 bits per heavy atom. The summed E-state index contributed by atoms with van der Waals surface area (Å²) in [5.41, 5.74) is 1.57. The van der Waals surface area contributed by atoms with Crippen LogP contribution in [0.15, 0.2) is 12.1 Å². The molecule has 0 saturated carbocycles. The van der Waals surface area contributed by atoms with Gasteiger partial charge in [0.1, 0.15) is 0 Å². The molecule has 0 atom stereocenters. The summed E-state index contributed by atoms with van der Waals surface area (Å²) in [6.07, 6.45) is 0.633. The van der Waals surface area contributed by atoms with E-state index in [1.807, 2.05) is 0 Å². The molecule has 1 N–H and O–H groups in total. The van der Waals surface area contributed by atoms with Gasteiger partial charge in [0.25, 0.3) is 0 Å². The minimum absolute atomic E-state index is 0.0274. The highest BCUT2D eigenvalue weighted by molar-refractivity contribution is 6.31. The smallest absolute Gasteiger partial charge is 0.152 e. The van der Waals surface area contributed by atoms with Crippen LogP contribution in [0.25, 0.3) is 10.9 Å². The van der Waals surface area contributed by atoms with Crippen LogP contribution in [-0.2, 0) is 0 Å². The van der Waals surface area contributed by atoms with Gasteiger partial charge in [0, 0.05) is 22.2 Å². The van der Waals surface area contributed by atoms with Crippen molar-refractivity contribution in [3.63, 3.8) is 0 Å². The standard InChI is InChI=1S/C10H7ClFNO/c1-5-6(4-14)9-8(13-5)3-2-7(11)10(9)12/h2-4,13H,1H3. The zero-order chi connectivity index (χ0) is 10.3. The lowest BCUT2D eigenvalue weighted by Crippen LogP contribution is -1.84. The lowest BCUT2D eigenvalue weighted by molar-refractivity contribution is 0.112. The SMILES string of the molecule is Cc1[nH]c2ccc(Cl)c(F)c2c1C=O. The Balaban J connectivity index is 2.97. The molecule has 0 radical (unpaired) electrons. The molecule has 0 aliphatic carbocycles. The normalized spacial score (nSPS) is 10.8. The van der Waals surface area contributed by atoms with Crippen LogP contribution in [0.1, 0.15) is 16.1 Å².